The first-order valence-corrected chi connectivity index (χ1v) is 7.53. The van der Waals surface area contributed by atoms with E-state index in [4.69, 9.17) is 0 Å². The lowest BCUT2D eigenvalue weighted by Crippen LogP contribution is -2.38. The highest BCUT2D eigenvalue weighted by atomic mass is 16.3. The van der Waals surface area contributed by atoms with Crippen molar-refractivity contribution >= 4 is 0 Å². The van der Waals surface area contributed by atoms with Crippen molar-refractivity contribution in [3.05, 3.63) is 0 Å². The number of rotatable bonds is 7. The first kappa shape index (κ1) is 15.0. The smallest absolute Gasteiger partial charge is 0.0664 e. The maximum Gasteiger partial charge on any atom is 0.0664 e. The van der Waals surface area contributed by atoms with E-state index < -0.39 is 0 Å². The zero-order valence-electron chi connectivity index (χ0n) is 11.9. The van der Waals surface area contributed by atoms with Gasteiger partial charge in [0.2, 0.25) is 0 Å². The van der Waals surface area contributed by atoms with E-state index in [-0.39, 0.29) is 6.10 Å². The Morgan fingerprint density at radius 3 is 2.71 bits per heavy atom. The number of nitrogens with one attached hydrogen (secondary N) is 1. The van der Waals surface area contributed by atoms with Crippen molar-refractivity contribution in [3.8, 4) is 0 Å². The van der Waals surface area contributed by atoms with Gasteiger partial charge in [-0.05, 0) is 37.5 Å². The van der Waals surface area contributed by atoms with Crippen LogP contribution in [0.2, 0.25) is 0 Å². The van der Waals surface area contributed by atoms with Crippen LogP contribution < -0.4 is 5.32 Å². The maximum absolute atomic E-state index is 9.73. The van der Waals surface area contributed by atoms with Gasteiger partial charge in [-0.25, -0.2) is 0 Å². The summed E-state index contributed by atoms with van der Waals surface area (Å²) in [7, 11) is 0. The minimum atomic E-state index is -0.148. The SMILES string of the molecule is CCCC(O)CNC1CCCC(CC(C)C)C1. The highest BCUT2D eigenvalue weighted by molar-refractivity contribution is 4.79. The Balaban J connectivity index is 2.20. The first-order chi connectivity index (χ1) is 8.11. The molecule has 2 heteroatoms. The minimum absolute atomic E-state index is 0.148. The predicted octanol–water partition coefficient (Wildman–Crippen LogP) is 3.34. The molecule has 1 fully saturated rings. The monoisotopic (exact) mass is 241 g/mol. The Morgan fingerprint density at radius 1 is 1.29 bits per heavy atom. The fourth-order valence-electron chi connectivity index (χ4n) is 3.10. The molecule has 2 N–H and O–H groups in total. The van der Waals surface area contributed by atoms with Crippen LogP contribution >= 0.6 is 0 Å². The van der Waals surface area contributed by atoms with Gasteiger partial charge >= 0.3 is 0 Å². The lowest BCUT2D eigenvalue weighted by Gasteiger charge is -2.31. The molecule has 0 aromatic carbocycles. The summed E-state index contributed by atoms with van der Waals surface area (Å²) in [5.41, 5.74) is 0. The van der Waals surface area contributed by atoms with Crippen LogP contribution in [0.15, 0.2) is 0 Å². The molecule has 0 aliphatic heterocycles. The quantitative estimate of drug-likeness (QED) is 0.716. The van der Waals surface area contributed by atoms with E-state index >= 15 is 0 Å². The minimum Gasteiger partial charge on any atom is -0.392 e. The fraction of sp³-hybridized carbons (Fsp3) is 1.00. The number of hydrogen-bond donors (Lipinski definition) is 2. The molecule has 102 valence electrons. The summed E-state index contributed by atoms with van der Waals surface area (Å²) in [5, 5.41) is 13.3. The Bertz CT molecular complexity index is 193. The van der Waals surface area contributed by atoms with Crippen molar-refractivity contribution < 1.29 is 5.11 Å². The Labute approximate surface area is 107 Å². The van der Waals surface area contributed by atoms with Gasteiger partial charge in [0.25, 0.3) is 0 Å². The van der Waals surface area contributed by atoms with Gasteiger partial charge in [0.05, 0.1) is 6.10 Å². The summed E-state index contributed by atoms with van der Waals surface area (Å²) in [5.74, 6) is 1.73. The molecule has 1 rings (SSSR count). The first-order valence-electron chi connectivity index (χ1n) is 7.53. The van der Waals surface area contributed by atoms with Crippen LogP contribution in [0.1, 0.15) is 65.7 Å². The third-order valence-corrected chi connectivity index (χ3v) is 3.85. The maximum atomic E-state index is 9.73. The van der Waals surface area contributed by atoms with Crippen LogP contribution in [0.5, 0.6) is 0 Å². The lowest BCUT2D eigenvalue weighted by molar-refractivity contribution is 0.147. The van der Waals surface area contributed by atoms with Gasteiger partial charge in [-0.15, -0.1) is 0 Å². The number of hydrogen-bond acceptors (Lipinski definition) is 2. The highest BCUT2D eigenvalue weighted by Gasteiger charge is 2.22. The van der Waals surface area contributed by atoms with Crippen molar-refractivity contribution in [2.45, 2.75) is 77.9 Å². The van der Waals surface area contributed by atoms with Crippen molar-refractivity contribution in [3.63, 3.8) is 0 Å². The fourth-order valence-corrected chi connectivity index (χ4v) is 3.10. The Hall–Kier alpha value is -0.0800. The molecule has 1 aliphatic rings. The van der Waals surface area contributed by atoms with Gasteiger partial charge < -0.3 is 10.4 Å². The molecular weight excluding hydrogens is 210 g/mol. The lowest BCUT2D eigenvalue weighted by atomic mass is 9.81. The molecule has 3 unspecified atom stereocenters. The van der Waals surface area contributed by atoms with Crippen LogP contribution in [0.4, 0.5) is 0 Å². The van der Waals surface area contributed by atoms with Gasteiger partial charge in [0.15, 0.2) is 0 Å². The summed E-state index contributed by atoms with van der Waals surface area (Å²) < 4.78 is 0. The molecule has 0 aromatic rings. The normalized spacial score (nSPS) is 27.4. The molecule has 0 bridgehead atoms. The molecule has 1 aliphatic carbocycles. The average Bonchev–Trinajstić information content (AvgIpc) is 2.26. The third kappa shape index (κ3) is 6.42. The van der Waals surface area contributed by atoms with Crippen molar-refractivity contribution in [2.75, 3.05) is 6.54 Å². The average molecular weight is 241 g/mol. The Morgan fingerprint density at radius 2 is 2.06 bits per heavy atom. The predicted molar refractivity (Wildman–Crippen MR) is 74.1 cm³/mol. The Kier molecular flexibility index (Phi) is 7.14. The molecule has 0 radical (unpaired) electrons. The summed E-state index contributed by atoms with van der Waals surface area (Å²) in [4.78, 5) is 0. The van der Waals surface area contributed by atoms with Crippen molar-refractivity contribution in [1.29, 1.82) is 0 Å². The zero-order chi connectivity index (χ0) is 12.7. The van der Waals surface area contributed by atoms with Gasteiger partial charge in [0.1, 0.15) is 0 Å². The second-order valence-corrected chi connectivity index (χ2v) is 6.21. The van der Waals surface area contributed by atoms with Crippen molar-refractivity contribution in [1.82, 2.24) is 5.32 Å². The molecule has 0 heterocycles. The van der Waals surface area contributed by atoms with Crippen LogP contribution in [0.3, 0.4) is 0 Å². The second kappa shape index (κ2) is 8.10. The van der Waals surface area contributed by atoms with Crippen LogP contribution in [-0.4, -0.2) is 23.8 Å². The van der Waals surface area contributed by atoms with E-state index in [9.17, 15) is 5.11 Å². The van der Waals surface area contributed by atoms with Crippen LogP contribution in [0, 0.1) is 11.8 Å². The largest absolute Gasteiger partial charge is 0.392 e. The van der Waals surface area contributed by atoms with E-state index in [0.29, 0.717) is 6.04 Å². The van der Waals surface area contributed by atoms with E-state index in [1.807, 2.05) is 0 Å². The highest BCUT2D eigenvalue weighted by Crippen LogP contribution is 2.29. The molecule has 1 saturated carbocycles. The summed E-state index contributed by atoms with van der Waals surface area (Å²) in [6.45, 7) is 7.56. The molecule has 2 nitrogen and oxygen atoms in total. The molecule has 3 atom stereocenters. The van der Waals surface area contributed by atoms with E-state index in [2.05, 4.69) is 26.1 Å². The van der Waals surface area contributed by atoms with Crippen LogP contribution in [-0.2, 0) is 0 Å². The standard InChI is InChI=1S/C15H31NO/c1-4-6-15(17)11-16-14-8-5-7-13(10-14)9-12(2)3/h12-17H,4-11H2,1-3H3. The molecule has 0 amide bonds. The third-order valence-electron chi connectivity index (χ3n) is 3.85. The van der Waals surface area contributed by atoms with Crippen molar-refractivity contribution in [2.24, 2.45) is 11.8 Å². The van der Waals surface area contributed by atoms with E-state index in [1.165, 1.54) is 32.1 Å². The topological polar surface area (TPSA) is 32.3 Å². The van der Waals surface area contributed by atoms with Gasteiger partial charge in [-0.2, -0.15) is 0 Å². The zero-order valence-corrected chi connectivity index (χ0v) is 11.9. The van der Waals surface area contributed by atoms with Crippen LogP contribution in [0.25, 0.3) is 0 Å². The summed E-state index contributed by atoms with van der Waals surface area (Å²) in [6, 6.07) is 0.652. The van der Waals surface area contributed by atoms with Gasteiger partial charge in [-0.1, -0.05) is 40.0 Å². The second-order valence-electron chi connectivity index (χ2n) is 6.21. The van der Waals surface area contributed by atoms with Gasteiger partial charge in [-0.3, -0.25) is 0 Å². The number of aliphatic hydroxyl groups is 1. The van der Waals surface area contributed by atoms with E-state index in [1.54, 1.807) is 0 Å². The number of aliphatic hydroxyl groups excluding tert-OH is 1. The summed E-state index contributed by atoms with van der Waals surface area (Å²) in [6.07, 6.45) is 8.61. The van der Waals surface area contributed by atoms with E-state index in [0.717, 1.165) is 31.2 Å². The summed E-state index contributed by atoms with van der Waals surface area (Å²) >= 11 is 0. The molecule has 0 saturated heterocycles. The molecular formula is C15H31NO. The molecule has 0 spiro atoms. The molecule has 0 aromatic heterocycles. The van der Waals surface area contributed by atoms with Gasteiger partial charge in [0, 0.05) is 12.6 Å². The molecule has 17 heavy (non-hydrogen) atoms.